The van der Waals surface area contributed by atoms with Crippen molar-refractivity contribution >= 4 is 17.7 Å². The van der Waals surface area contributed by atoms with Crippen molar-refractivity contribution in [2.24, 2.45) is 10.9 Å². The minimum atomic E-state index is -4.48. The van der Waals surface area contributed by atoms with Gasteiger partial charge in [-0.3, -0.25) is 14.8 Å². The van der Waals surface area contributed by atoms with Crippen molar-refractivity contribution in [3.05, 3.63) is 83.1 Å². The molecular formula is C27H28F3N5O2. The number of aromatic amines is 1. The van der Waals surface area contributed by atoms with E-state index in [0.29, 0.717) is 30.1 Å². The van der Waals surface area contributed by atoms with E-state index in [-0.39, 0.29) is 5.92 Å². The maximum atomic E-state index is 12.6. The lowest BCUT2D eigenvalue weighted by atomic mass is 10.0. The van der Waals surface area contributed by atoms with Gasteiger partial charge < -0.3 is 20.4 Å². The lowest BCUT2D eigenvalue weighted by Crippen LogP contribution is -2.46. The van der Waals surface area contributed by atoms with Gasteiger partial charge in [0, 0.05) is 34.9 Å². The fraction of sp³-hybridized carbons (Fsp3) is 0.296. The van der Waals surface area contributed by atoms with E-state index >= 15 is 0 Å². The number of carbonyl (C=O) groups excluding carboxylic acids is 1. The molecule has 0 bridgehead atoms. The molecule has 3 N–H and O–H groups in total. The number of hydrogen-bond donors (Lipinski definition) is 3. The Labute approximate surface area is 212 Å². The molecule has 7 nitrogen and oxygen atoms in total. The second-order valence-electron chi connectivity index (χ2n) is 8.99. The summed E-state index contributed by atoms with van der Waals surface area (Å²) in [5.74, 6) is -0.302. The highest BCUT2D eigenvalue weighted by atomic mass is 19.4. The molecule has 0 aliphatic carbocycles. The Balaban J connectivity index is 1.56. The van der Waals surface area contributed by atoms with E-state index in [1.165, 1.54) is 6.20 Å². The van der Waals surface area contributed by atoms with Crippen LogP contribution in [0, 0.1) is 5.92 Å². The molecule has 4 rings (SSSR count). The summed E-state index contributed by atoms with van der Waals surface area (Å²) >= 11 is 0. The summed E-state index contributed by atoms with van der Waals surface area (Å²) in [7, 11) is 0. The summed E-state index contributed by atoms with van der Waals surface area (Å²) < 4.78 is 43.7. The maximum Gasteiger partial charge on any atom is 0.405 e. The number of H-pyrrole nitrogens is 1. The molecule has 0 spiro atoms. The van der Waals surface area contributed by atoms with E-state index in [1.54, 1.807) is 26.1 Å². The van der Waals surface area contributed by atoms with Crippen molar-refractivity contribution in [1.29, 1.82) is 0 Å². The molecule has 10 heteroatoms. The first kappa shape index (κ1) is 26.0. The van der Waals surface area contributed by atoms with Crippen LogP contribution >= 0.6 is 0 Å². The number of allylic oxidation sites excluding steroid dienone is 1. The van der Waals surface area contributed by atoms with Crippen LogP contribution in [0.15, 0.2) is 71.8 Å². The van der Waals surface area contributed by atoms with Crippen molar-refractivity contribution < 1.29 is 22.7 Å². The summed E-state index contributed by atoms with van der Waals surface area (Å²) in [5.41, 5.74) is 3.84. The topological polar surface area (TPSA) is 91.4 Å². The van der Waals surface area contributed by atoms with E-state index in [4.69, 9.17) is 4.74 Å². The van der Waals surface area contributed by atoms with Crippen LogP contribution in [0.25, 0.3) is 17.2 Å². The third-order valence-corrected chi connectivity index (χ3v) is 5.76. The number of nitrogens with zero attached hydrogens (tertiary/aromatic N) is 2. The summed E-state index contributed by atoms with van der Waals surface area (Å²) in [6.07, 6.45) is 4.37. The molecule has 1 unspecified atom stereocenters. The highest BCUT2D eigenvalue weighted by Crippen LogP contribution is 2.21. The smallest absolute Gasteiger partial charge is 0.405 e. The number of anilines is 1. The molecule has 1 aromatic carbocycles. The number of alkyl halides is 3. The zero-order valence-electron chi connectivity index (χ0n) is 20.5. The molecule has 3 heterocycles. The number of aromatic nitrogens is 2. The van der Waals surface area contributed by atoms with Gasteiger partial charge in [0.25, 0.3) is 0 Å². The van der Waals surface area contributed by atoms with E-state index < -0.39 is 24.7 Å². The molecule has 1 atom stereocenters. The van der Waals surface area contributed by atoms with Gasteiger partial charge >= 0.3 is 6.18 Å². The number of hydrogen-bond acceptors (Lipinski definition) is 5. The lowest BCUT2D eigenvalue weighted by Gasteiger charge is -2.23. The van der Waals surface area contributed by atoms with Gasteiger partial charge in [-0.2, -0.15) is 13.2 Å². The number of pyridine rings is 1. The third-order valence-electron chi connectivity index (χ3n) is 5.76. The number of carbonyl (C=O) groups is 1. The number of halogens is 3. The average molecular weight is 512 g/mol. The van der Waals surface area contributed by atoms with Gasteiger partial charge in [0.15, 0.2) is 0 Å². The van der Waals surface area contributed by atoms with Crippen molar-refractivity contribution in [2.75, 3.05) is 18.4 Å². The predicted octanol–water partition coefficient (Wildman–Crippen LogP) is 3.71. The van der Waals surface area contributed by atoms with Gasteiger partial charge in [0.2, 0.25) is 5.91 Å². The standard InChI is InChI=1S/C27H28F3N5O2/c1-17(2)24(26(36)34-16-27(28,29)30)35-20-10-19(12-31-13-20)23-14-33-25-22(23)11-21(8-9-32-25)37-15-18-6-4-3-5-7-18/h3-8,10-14,17,24,35H,9,15-16H2,1-2H3,(H,32,33)(H,34,36). The van der Waals surface area contributed by atoms with Gasteiger partial charge in [-0.05, 0) is 29.7 Å². The Kier molecular flexibility index (Phi) is 7.95. The first-order valence-corrected chi connectivity index (χ1v) is 11.9. The summed E-state index contributed by atoms with van der Waals surface area (Å²) in [5, 5.41) is 5.82. The Morgan fingerprint density at radius 1 is 1.19 bits per heavy atom. The fourth-order valence-corrected chi connectivity index (χ4v) is 3.89. The summed E-state index contributed by atoms with van der Waals surface area (Å²) in [6, 6.07) is 10.8. The Morgan fingerprint density at radius 2 is 1.97 bits per heavy atom. The molecular weight excluding hydrogens is 483 g/mol. The van der Waals surface area contributed by atoms with Crippen LogP contribution in [0.5, 0.6) is 0 Å². The van der Waals surface area contributed by atoms with Gasteiger partial charge in [-0.1, -0.05) is 44.2 Å². The molecule has 0 saturated carbocycles. The van der Waals surface area contributed by atoms with Gasteiger partial charge in [0.05, 0.1) is 12.2 Å². The molecule has 3 aromatic rings. The first-order chi connectivity index (χ1) is 17.7. The van der Waals surface area contributed by atoms with Crippen molar-refractivity contribution in [3.8, 4) is 11.1 Å². The van der Waals surface area contributed by atoms with E-state index in [1.807, 2.05) is 54.0 Å². The van der Waals surface area contributed by atoms with Crippen molar-refractivity contribution in [3.63, 3.8) is 0 Å². The van der Waals surface area contributed by atoms with E-state index in [9.17, 15) is 18.0 Å². The Bertz CT molecular complexity index is 1380. The van der Waals surface area contributed by atoms with Gasteiger partial charge in [0.1, 0.15) is 30.4 Å². The molecule has 2 aromatic heterocycles. The number of amides is 1. The Morgan fingerprint density at radius 3 is 2.70 bits per heavy atom. The zero-order valence-corrected chi connectivity index (χ0v) is 20.5. The summed E-state index contributed by atoms with van der Waals surface area (Å²) in [4.78, 5) is 24.5. The van der Waals surface area contributed by atoms with E-state index in [0.717, 1.165) is 21.9 Å². The van der Waals surface area contributed by atoms with Crippen LogP contribution in [0.4, 0.5) is 18.9 Å². The largest absolute Gasteiger partial charge is 0.489 e. The molecule has 1 aliphatic rings. The summed E-state index contributed by atoms with van der Waals surface area (Å²) in [6.45, 7) is 3.01. The molecule has 37 heavy (non-hydrogen) atoms. The third kappa shape index (κ3) is 6.99. The highest BCUT2D eigenvalue weighted by Gasteiger charge is 2.30. The second-order valence-corrected chi connectivity index (χ2v) is 8.99. The fourth-order valence-electron chi connectivity index (χ4n) is 3.89. The first-order valence-electron chi connectivity index (χ1n) is 11.9. The SMILES string of the molecule is CC(C)C(Nc1cncc(-c2c[nH]c3c2=CC(OCc2ccccc2)=CCN=3)c1)C(=O)NCC(F)(F)F. The van der Waals surface area contributed by atoms with Crippen LogP contribution in [0.1, 0.15) is 19.4 Å². The van der Waals surface area contributed by atoms with Crippen LogP contribution in [0.3, 0.4) is 0 Å². The minimum Gasteiger partial charge on any atom is -0.489 e. The molecule has 0 radical (unpaired) electrons. The second kappa shape index (κ2) is 11.3. The number of rotatable bonds is 9. The van der Waals surface area contributed by atoms with Crippen LogP contribution < -0.4 is 21.3 Å². The van der Waals surface area contributed by atoms with Crippen LogP contribution in [0.2, 0.25) is 0 Å². The lowest BCUT2D eigenvalue weighted by molar-refractivity contribution is -0.139. The molecule has 1 amide bonds. The number of benzene rings is 1. The molecule has 0 fully saturated rings. The molecule has 194 valence electrons. The average Bonchev–Trinajstić information content (AvgIpc) is 3.15. The molecule has 1 aliphatic heterocycles. The normalized spacial score (nSPS) is 13.9. The minimum absolute atomic E-state index is 0.262. The van der Waals surface area contributed by atoms with E-state index in [2.05, 4.69) is 20.3 Å². The van der Waals surface area contributed by atoms with Crippen LogP contribution in [-0.4, -0.2) is 41.2 Å². The number of ether oxygens (including phenoxy) is 1. The maximum absolute atomic E-state index is 12.6. The number of fused-ring (bicyclic) bond motifs is 1. The quantitative estimate of drug-likeness (QED) is 0.409. The van der Waals surface area contributed by atoms with Gasteiger partial charge in [-0.15, -0.1) is 0 Å². The highest BCUT2D eigenvalue weighted by molar-refractivity contribution is 5.85. The molecule has 0 saturated heterocycles. The van der Waals surface area contributed by atoms with Crippen molar-refractivity contribution in [2.45, 2.75) is 32.7 Å². The van der Waals surface area contributed by atoms with Crippen LogP contribution in [-0.2, 0) is 16.1 Å². The van der Waals surface area contributed by atoms with Gasteiger partial charge in [-0.25, -0.2) is 0 Å². The number of nitrogens with one attached hydrogen (secondary N) is 3. The van der Waals surface area contributed by atoms with Crippen molar-refractivity contribution in [1.82, 2.24) is 15.3 Å². The predicted molar refractivity (Wildman–Crippen MR) is 135 cm³/mol. The monoisotopic (exact) mass is 511 g/mol. The zero-order chi connectivity index (χ0) is 26.4. The Hall–Kier alpha value is -4.08.